The monoisotopic (exact) mass is 492 g/mol. The molecule has 9 nitrogen and oxygen atoms in total. The maximum absolute atomic E-state index is 13.2. The zero-order chi connectivity index (χ0) is 26.5. The van der Waals surface area contributed by atoms with Gasteiger partial charge in [0.15, 0.2) is 5.75 Å². The molecule has 1 saturated heterocycles. The number of carboxylic acid groups (broad SMARTS) is 1. The zero-order valence-electron chi connectivity index (χ0n) is 20.8. The predicted molar refractivity (Wildman–Crippen MR) is 137 cm³/mol. The molecule has 3 N–H and O–H groups in total. The van der Waals surface area contributed by atoms with Crippen molar-refractivity contribution in [1.29, 1.82) is 0 Å². The largest absolute Gasteiger partial charge is 0.465 e. The summed E-state index contributed by atoms with van der Waals surface area (Å²) in [6, 6.07) is 2.70. The summed E-state index contributed by atoms with van der Waals surface area (Å²) in [6.45, 7) is 13.6. The molecule has 1 aliphatic heterocycles. The van der Waals surface area contributed by atoms with Crippen molar-refractivity contribution in [1.82, 2.24) is 20.1 Å². The predicted octanol–water partition coefficient (Wildman–Crippen LogP) is 4.35. The van der Waals surface area contributed by atoms with Crippen LogP contribution in [0.1, 0.15) is 27.2 Å². The summed E-state index contributed by atoms with van der Waals surface area (Å²) in [5, 5.41) is 22.9. The van der Waals surface area contributed by atoms with Crippen molar-refractivity contribution in [2.75, 3.05) is 13.2 Å². The summed E-state index contributed by atoms with van der Waals surface area (Å²) in [5.41, 5.74) is 1.92. The number of aliphatic hydroxyl groups is 1. The highest BCUT2D eigenvalue weighted by molar-refractivity contribution is 5.77. The van der Waals surface area contributed by atoms with Crippen LogP contribution >= 0.6 is 0 Å². The fraction of sp³-hybridized carbons (Fsp3) is 0.296. The van der Waals surface area contributed by atoms with E-state index in [1.54, 1.807) is 31.3 Å². The number of carbonyl (C=O) groups excluding carboxylic acids is 1. The van der Waals surface area contributed by atoms with Gasteiger partial charge in [-0.25, -0.2) is 9.59 Å². The molecule has 9 heteroatoms. The first-order valence-electron chi connectivity index (χ1n) is 11.5. The Kier molecular flexibility index (Phi) is 8.16. The molecule has 3 rings (SSSR count). The molecule has 2 aliphatic rings. The van der Waals surface area contributed by atoms with Gasteiger partial charge >= 0.3 is 12.2 Å². The van der Waals surface area contributed by atoms with Crippen LogP contribution in [0.4, 0.5) is 9.59 Å². The van der Waals surface area contributed by atoms with Crippen LogP contribution in [0.2, 0.25) is 0 Å². The van der Waals surface area contributed by atoms with Gasteiger partial charge in [-0.2, -0.15) is 0 Å². The normalized spacial score (nSPS) is 19.4. The second-order valence-corrected chi connectivity index (χ2v) is 9.22. The number of rotatable bonds is 6. The van der Waals surface area contributed by atoms with Gasteiger partial charge in [0, 0.05) is 23.9 Å². The van der Waals surface area contributed by atoms with E-state index in [1.165, 1.54) is 11.1 Å². The summed E-state index contributed by atoms with van der Waals surface area (Å²) < 4.78 is 5.50. The molecule has 1 fully saturated rings. The Morgan fingerprint density at radius 3 is 2.75 bits per heavy atom. The molecular formula is C27H32N4O5. The SMILES string of the molecule is C=C(/C=C1\C(=C)N(C(=O)O)C(C)CN1C(=O)Oc1cccnc1)C1=C(NC(C)(C)CO)CC=CC=C1. The molecule has 1 aliphatic carbocycles. The molecule has 1 atom stereocenters. The third kappa shape index (κ3) is 6.11. The average molecular weight is 493 g/mol. The lowest BCUT2D eigenvalue weighted by atomic mass is 9.98. The van der Waals surface area contributed by atoms with Gasteiger partial charge in [0.1, 0.15) is 0 Å². The number of piperazine rings is 1. The number of aliphatic hydroxyl groups excluding tert-OH is 1. The number of hydrogen-bond acceptors (Lipinski definition) is 6. The molecule has 190 valence electrons. The summed E-state index contributed by atoms with van der Waals surface area (Å²) in [4.78, 5) is 31.6. The fourth-order valence-electron chi connectivity index (χ4n) is 3.93. The van der Waals surface area contributed by atoms with E-state index in [0.29, 0.717) is 12.0 Å². The Balaban J connectivity index is 2.03. The van der Waals surface area contributed by atoms with Crippen LogP contribution in [-0.4, -0.2) is 61.9 Å². The molecule has 1 aromatic rings. The second kappa shape index (κ2) is 11.1. The van der Waals surface area contributed by atoms with E-state index in [2.05, 4.69) is 23.5 Å². The van der Waals surface area contributed by atoms with Gasteiger partial charge in [-0.3, -0.25) is 14.8 Å². The zero-order valence-corrected chi connectivity index (χ0v) is 20.8. The van der Waals surface area contributed by atoms with E-state index in [1.807, 2.05) is 38.2 Å². The minimum absolute atomic E-state index is 0.0582. The van der Waals surface area contributed by atoms with Crippen molar-refractivity contribution in [3.05, 3.63) is 96.3 Å². The van der Waals surface area contributed by atoms with Gasteiger partial charge < -0.3 is 20.3 Å². The molecule has 36 heavy (non-hydrogen) atoms. The second-order valence-electron chi connectivity index (χ2n) is 9.22. The standard InChI is InChI=1S/C27H32N4O5/c1-18(22-11-7-6-8-12-23(22)29-27(4,5)17-32)14-24-20(3)31(25(33)34)19(2)16-30(24)26(35)36-21-10-9-13-28-15-21/h6-11,13-15,19,29,32H,1,3,12,16-17H2,2,4-5H3,(H,33,34)/b24-14+. The fourth-order valence-corrected chi connectivity index (χ4v) is 3.93. The summed E-state index contributed by atoms with van der Waals surface area (Å²) in [5.74, 6) is 0.262. The lowest BCUT2D eigenvalue weighted by Gasteiger charge is -2.40. The van der Waals surface area contributed by atoms with Gasteiger partial charge in [-0.15, -0.1) is 0 Å². The minimum Gasteiger partial charge on any atom is -0.465 e. The number of carbonyl (C=O) groups is 2. The molecule has 0 aromatic carbocycles. The molecule has 1 aromatic heterocycles. The van der Waals surface area contributed by atoms with Crippen molar-refractivity contribution in [2.24, 2.45) is 0 Å². The third-order valence-electron chi connectivity index (χ3n) is 5.73. The Morgan fingerprint density at radius 1 is 1.36 bits per heavy atom. The van der Waals surface area contributed by atoms with E-state index in [9.17, 15) is 19.8 Å². The van der Waals surface area contributed by atoms with Crippen LogP contribution in [0.3, 0.4) is 0 Å². The molecule has 1 unspecified atom stereocenters. The molecule has 0 saturated carbocycles. The van der Waals surface area contributed by atoms with Crippen molar-refractivity contribution >= 4 is 12.2 Å². The van der Waals surface area contributed by atoms with E-state index in [0.717, 1.165) is 16.2 Å². The van der Waals surface area contributed by atoms with Crippen LogP contribution in [0.25, 0.3) is 0 Å². The van der Waals surface area contributed by atoms with Crippen LogP contribution in [0.5, 0.6) is 5.75 Å². The van der Waals surface area contributed by atoms with Crippen LogP contribution in [0.15, 0.2) is 96.3 Å². The first-order valence-corrected chi connectivity index (χ1v) is 11.5. The molecule has 0 radical (unpaired) electrons. The number of allylic oxidation sites excluding steroid dienone is 7. The van der Waals surface area contributed by atoms with Gasteiger partial charge in [0.05, 0.1) is 42.3 Å². The topological polar surface area (TPSA) is 115 Å². The van der Waals surface area contributed by atoms with E-state index < -0.39 is 23.8 Å². The number of nitrogens with zero attached hydrogens (tertiary/aromatic N) is 3. The summed E-state index contributed by atoms with van der Waals surface area (Å²) in [6.07, 6.45) is 11.0. The number of nitrogens with one attached hydrogen (secondary N) is 1. The lowest BCUT2D eigenvalue weighted by Crippen LogP contribution is -2.53. The quantitative estimate of drug-likeness (QED) is 0.541. The van der Waals surface area contributed by atoms with Crippen molar-refractivity contribution < 1.29 is 24.5 Å². The van der Waals surface area contributed by atoms with Gasteiger partial charge in [-0.05, 0) is 44.6 Å². The number of aromatic nitrogens is 1. The Bertz CT molecular complexity index is 1160. The highest BCUT2D eigenvalue weighted by Gasteiger charge is 2.37. The first kappa shape index (κ1) is 26.5. The van der Waals surface area contributed by atoms with Crippen LogP contribution in [0, 0.1) is 0 Å². The van der Waals surface area contributed by atoms with Crippen molar-refractivity contribution in [2.45, 2.75) is 38.8 Å². The van der Waals surface area contributed by atoms with Gasteiger partial charge in [-0.1, -0.05) is 37.5 Å². The lowest BCUT2D eigenvalue weighted by molar-refractivity contribution is 0.110. The Hall–Kier alpha value is -4.11. The van der Waals surface area contributed by atoms with Gasteiger partial charge in [0.2, 0.25) is 0 Å². The molecule has 0 spiro atoms. The molecule has 2 amide bonds. The third-order valence-corrected chi connectivity index (χ3v) is 5.73. The molecule has 2 heterocycles. The first-order chi connectivity index (χ1) is 17.0. The van der Waals surface area contributed by atoms with E-state index in [-0.39, 0.29) is 30.3 Å². The highest BCUT2D eigenvalue weighted by atomic mass is 16.6. The smallest absolute Gasteiger partial charge is 0.419 e. The maximum Gasteiger partial charge on any atom is 0.419 e. The van der Waals surface area contributed by atoms with Crippen LogP contribution in [-0.2, 0) is 0 Å². The van der Waals surface area contributed by atoms with Crippen molar-refractivity contribution in [3.8, 4) is 5.75 Å². The van der Waals surface area contributed by atoms with Gasteiger partial charge in [0.25, 0.3) is 0 Å². The average Bonchev–Trinajstić information content (AvgIpc) is 3.06. The molecule has 0 bridgehead atoms. The number of pyridine rings is 1. The van der Waals surface area contributed by atoms with E-state index >= 15 is 0 Å². The highest BCUT2D eigenvalue weighted by Crippen LogP contribution is 2.31. The number of hydrogen-bond donors (Lipinski definition) is 3. The number of ether oxygens (including phenoxy) is 1. The number of amides is 2. The maximum atomic E-state index is 13.2. The van der Waals surface area contributed by atoms with E-state index in [4.69, 9.17) is 4.74 Å². The Morgan fingerprint density at radius 2 is 2.11 bits per heavy atom. The summed E-state index contributed by atoms with van der Waals surface area (Å²) >= 11 is 0. The minimum atomic E-state index is -1.17. The van der Waals surface area contributed by atoms with Crippen LogP contribution < -0.4 is 10.1 Å². The molecular weight excluding hydrogens is 460 g/mol. The Labute approximate surface area is 211 Å². The summed E-state index contributed by atoms with van der Waals surface area (Å²) in [7, 11) is 0. The van der Waals surface area contributed by atoms with Crippen molar-refractivity contribution in [3.63, 3.8) is 0 Å².